The van der Waals surface area contributed by atoms with Gasteiger partial charge in [-0.2, -0.15) is 0 Å². The van der Waals surface area contributed by atoms with E-state index in [4.69, 9.17) is 0 Å². The van der Waals surface area contributed by atoms with Crippen molar-refractivity contribution in [2.45, 2.75) is 46.5 Å². The minimum absolute atomic E-state index is 0.559. The SMILES string of the molecule is CCC(C)(C)CC1CCCNC1. The molecule has 0 aromatic heterocycles. The maximum Gasteiger partial charge on any atom is -0.00203 e. The van der Waals surface area contributed by atoms with Gasteiger partial charge in [0.2, 0.25) is 0 Å². The second-order valence-corrected chi connectivity index (χ2v) is 4.93. The molecule has 1 aliphatic rings. The smallest absolute Gasteiger partial charge is 0.00203 e. The van der Waals surface area contributed by atoms with Crippen LogP contribution < -0.4 is 5.32 Å². The van der Waals surface area contributed by atoms with E-state index in [-0.39, 0.29) is 0 Å². The molecule has 0 amide bonds. The van der Waals surface area contributed by atoms with Crippen molar-refractivity contribution in [1.82, 2.24) is 5.32 Å². The highest BCUT2D eigenvalue weighted by Crippen LogP contribution is 2.31. The monoisotopic (exact) mass is 169 g/mol. The van der Waals surface area contributed by atoms with Gasteiger partial charge in [-0.25, -0.2) is 0 Å². The molecule has 1 unspecified atom stereocenters. The van der Waals surface area contributed by atoms with Crippen LogP contribution in [0, 0.1) is 11.3 Å². The minimum atomic E-state index is 0.559. The maximum absolute atomic E-state index is 3.48. The summed E-state index contributed by atoms with van der Waals surface area (Å²) in [5.74, 6) is 0.939. The van der Waals surface area contributed by atoms with Gasteiger partial charge in [0.1, 0.15) is 0 Å². The van der Waals surface area contributed by atoms with Crippen molar-refractivity contribution >= 4 is 0 Å². The van der Waals surface area contributed by atoms with E-state index in [1.54, 1.807) is 0 Å². The van der Waals surface area contributed by atoms with Crippen LogP contribution in [0.5, 0.6) is 0 Å². The van der Waals surface area contributed by atoms with Gasteiger partial charge in [0.05, 0.1) is 0 Å². The molecule has 0 aromatic carbocycles. The molecule has 0 radical (unpaired) electrons. The second-order valence-electron chi connectivity index (χ2n) is 4.93. The molecule has 1 rings (SSSR count). The summed E-state index contributed by atoms with van der Waals surface area (Å²) in [7, 11) is 0. The van der Waals surface area contributed by atoms with Crippen LogP contribution in [0.1, 0.15) is 46.5 Å². The van der Waals surface area contributed by atoms with Crippen LogP contribution in [0.3, 0.4) is 0 Å². The largest absolute Gasteiger partial charge is 0.316 e. The first kappa shape index (κ1) is 10.0. The lowest BCUT2D eigenvalue weighted by Gasteiger charge is -2.31. The lowest BCUT2D eigenvalue weighted by Crippen LogP contribution is -2.32. The summed E-state index contributed by atoms with van der Waals surface area (Å²) >= 11 is 0. The van der Waals surface area contributed by atoms with E-state index < -0.39 is 0 Å². The van der Waals surface area contributed by atoms with Gasteiger partial charge in [0, 0.05) is 0 Å². The van der Waals surface area contributed by atoms with Gasteiger partial charge < -0.3 is 5.32 Å². The Labute approximate surface area is 76.9 Å². The number of rotatable bonds is 3. The van der Waals surface area contributed by atoms with E-state index in [1.807, 2.05) is 0 Å². The first-order valence-corrected chi connectivity index (χ1v) is 5.35. The number of nitrogens with one attached hydrogen (secondary N) is 1. The first-order valence-electron chi connectivity index (χ1n) is 5.35. The second kappa shape index (κ2) is 4.27. The lowest BCUT2D eigenvalue weighted by atomic mass is 9.78. The lowest BCUT2D eigenvalue weighted by molar-refractivity contribution is 0.225. The summed E-state index contributed by atoms with van der Waals surface area (Å²) in [4.78, 5) is 0. The van der Waals surface area contributed by atoms with Gasteiger partial charge >= 0.3 is 0 Å². The van der Waals surface area contributed by atoms with Crippen LogP contribution >= 0.6 is 0 Å². The third-order valence-corrected chi connectivity index (χ3v) is 3.20. The molecule has 0 saturated carbocycles. The van der Waals surface area contributed by atoms with Crippen LogP contribution in [0.15, 0.2) is 0 Å². The van der Waals surface area contributed by atoms with Crippen molar-refractivity contribution in [1.29, 1.82) is 0 Å². The van der Waals surface area contributed by atoms with E-state index >= 15 is 0 Å². The summed E-state index contributed by atoms with van der Waals surface area (Å²) in [6.07, 6.45) is 5.53. The Kier molecular flexibility index (Phi) is 3.57. The molecule has 1 saturated heterocycles. The van der Waals surface area contributed by atoms with Gasteiger partial charge in [-0.05, 0) is 43.7 Å². The third-order valence-electron chi connectivity index (χ3n) is 3.20. The van der Waals surface area contributed by atoms with Crippen LogP contribution in [-0.2, 0) is 0 Å². The van der Waals surface area contributed by atoms with Crippen molar-refractivity contribution in [3.05, 3.63) is 0 Å². The van der Waals surface area contributed by atoms with E-state index in [1.165, 1.54) is 38.8 Å². The Morgan fingerprint density at radius 3 is 2.67 bits per heavy atom. The summed E-state index contributed by atoms with van der Waals surface area (Å²) in [6.45, 7) is 9.58. The van der Waals surface area contributed by atoms with Crippen LogP contribution in [-0.4, -0.2) is 13.1 Å². The molecule has 1 aliphatic heterocycles. The molecule has 1 N–H and O–H groups in total. The number of hydrogen-bond donors (Lipinski definition) is 1. The molecule has 0 aromatic rings. The molecule has 0 spiro atoms. The zero-order valence-electron chi connectivity index (χ0n) is 8.82. The minimum Gasteiger partial charge on any atom is -0.316 e. The third kappa shape index (κ3) is 3.14. The van der Waals surface area contributed by atoms with Gasteiger partial charge in [-0.15, -0.1) is 0 Å². The fourth-order valence-electron chi connectivity index (χ4n) is 2.02. The Balaban J connectivity index is 2.28. The van der Waals surface area contributed by atoms with E-state index in [0.29, 0.717) is 5.41 Å². The molecular weight excluding hydrogens is 146 g/mol. The molecule has 1 atom stereocenters. The van der Waals surface area contributed by atoms with Crippen molar-refractivity contribution < 1.29 is 0 Å². The van der Waals surface area contributed by atoms with Crippen LogP contribution in [0.2, 0.25) is 0 Å². The Bertz CT molecular complexity index is 123. The quantitative estimate of drug-likeness (QED) is 0.685. The summed E-state index contributed by atoms with van der Waals surface area (Å²) in [5, 5.41) is 3.48. The number of hydrogen-bond acceptors (Lipinski definition) is 1. The highest BCUT2D eigenvalue weighted by molar-refractivity contribution is 4.76. The molecule has 1 heterocycles. The first-order chi connectivity index (χ1) is 5.64. The summed E-state index contributed by atoms with van der Waals surface area (Å²) in [5.41, 5.74) is 0.559. The molecule has 1 nitrogen and oxygen atoms in total. The summed E-state index contributed by atoms with van der Waals surface area (Å²) in [6, 6.07) is 0. The van der Waals surface area contributed by atoms with Crippen molar-refractivity contribution in [3.8, 4) is 0 Å². The van der Waals surface area contributed by atoms with Crippen LogP contribution in [0.4, 0.5) is 0 Å². The molecule has 12 heavy (non-hydrogen) atoms. The Morgan fingerprint density at radius 2 is 2.17 bits per heavy atom. The summed E-state index contributed by atoms with van der Waals surface area (Å²) < 4.78 is 0. The van der Waals surface area contributed by atoms with Crippen molar-refractivity contribution in [2.24, 2.45) is 11.3 Å². The Hall–Kier alpha value is -0.0400. The molecule has 1 heteroatoms. The predicted molar refractivity (Wildman–Crippen MR) is 54.3 cm³/mol. The van der Waals surface area contributed by atoms with Gasteiger partial charge in [-0.1, -0.05) is 27.2 Å². The Morgan fingerprint density at radius 1 is 1.42 bits per heavy atom. The zero-order valence-corrected chi connectivity index (χ0v) is 8.82. The van der Waals surface area contributed by atoms with Crippen molar-refractivity contribution in [2.75, 3.05) is 13.1 Å². The molecule has 72 valence electrons. The van der Waals surface area contributed by atoms with Gasteiger partial charge in [-0.3, -0.25) is 0 Å². The maximum atomic E-state index is 3.48. The average molecular weight is 169 g/mol. The van der Waals surface area contributed by atoms with Crippen molar-refractivity contribution in [3.63, 3.8) is 0 Å². The fourth-order valence-corrected chi connectivity index (χ4v) is 2.02. The highest BCUT2D eigenvalue weighted by Gasteiger charge is 2.22. The fraction of sp³-hybridized carbons (Fsp3) is 1.00. The molecule has 1 fully saturated rings. The standard InChI is InChI=1S/C11H23N/c1-4-11(2,3)8-10-6-5-7-12-9-10/h10,12H,4-9H2,1-3H3. The van der Waals surface area contributed by atoms with E-state index in [0.717, 1.165) is 5.92 Å². The van der Waals surface area contributed by atoms with Crippen LogP contribution in [0.25, 0.3) is 0 Å². The average Bonchev–Trinajstić information content (AvgIpc) is 2.06. The highest BCUT2D eigenvalue weighted by atomic mass is 14.9. The molecule has 0 bridgehead atoms. The van der Waals surface area contributed by atoms with E-state index in [2.05, 4.69) is 26.1 Å². The number of piperidine rings is 1. The normalized spacial score (nSPS) is 25.8. The van der Waals surface area contributed by atoms with E-state index in [9.17, 15) is 0 Å². The predicted octanol–water partition coefficient (Wildman–Crippen LogP) is 2.81. The van der Waals surface area contributed by atoms with Gasteiger partial charge in [0.25, 0.3) is 0 Å². The molecule has 0 aliphatic carbocycles. The molecular formula is C11H23N. The topological polar surface area (TPSA) is 12.0 Å². The zero-order chi connectivity index (χ0) is 9.03. The van der Waals surface area contributed by atoms with Gasteiger partial charge in [0.15, 0.2) is 0 Å².